The second-order valence-corrected chi connectivity index (χ2v) is 10.3. The van der Waals surface area contributed by atoms with Crippen LogP contribution in [0.1, 0.15) is 48.8 Å². The summed E-state index contributed by atoms with van der Waals surface area (Å²) in [5.74, 6) is -0.573. The van der Waals surface area contributed by atoms with Crippen LogP contribution in [0.2, 0.25) is 0 Å². The average molecular weight is 408 g/mol. The van der Waals surface area contributed by atoms with Gasteiger partial charge in [0.2, 0.25) is 0 Å². The molecular formula is C21H29NO5S. The normalized spacial score (nSPS) is 21.6. The van der Waals surface area contributed by atoms with E-state index in [2.05, 4.69) is 0 Å². The Labute approximate surface area is 167 Å². The predicted octanol–water partition coefficient (Wildman–Crippen LogP) is 2.35. The third kappa shape index (κ3) is 5.13. The molecule has 0 aromatic heterocycles. The quantitative estimate of drug-likeness (QED) is 0.676. The number of ether oxygens (including phenoxy) is 1. The minimum Gasteiger partial charge on any atom is -0.455 e. The number of amides is 1. The van der Waals surface area contributed by atoms with Crippen LogP contribution in [-0.2, 0) is 30.6 Å². The van der Waals surface area contributed by atoms with Gasteiger partial charge in [-0.25, -0.2) is 8.42 Å². The maximum Gasteiger partial charge on any atom is 0.310 e. The standard InChI is InChI=1S/C21H29NO5S/c1-15-7-8-17(11-16(15)2)12-21(24)27-13-20(23)22(18-5-3-4-6-18)19-9-10-28(25,26)14-19/h7-8,11,18-19H,3-6,9-10,12-14H2,1-2H3/t19-/m0/s1. The van der Waals surface area contributed by atoms with Gasteiger partial charge in [-0.2, -0.15) is 0 Å². The SMILES string of the molecule is Cc1ccc(CC(=O)OCC(=O)N(C2CCCC2)[C@H]2CCS(=O)(=O)C2)cc1C. The zero-order valence-electron chi connectivity index (χ0n) is 16.6. The largest absolute Gasteiger partial charge is 0.455 e. The second-order valence-electron chi connectivity index (χ2n) is 8.05. The molecule has 1 saturated carbocycles. The maximum atomic E-state index is 12.8. The molecule has 7 heteroatoms. The monoisotopic (exact) mass is 407 g/mol. The lowest BCUT2D eigenvalue weighted by Gasteiger charge is -2.33. The Balaban J connectivity index is 1.60. The summed E-state index contributed by atoms with van der Waals surface area (Å²) in [5.41, 5.74) is 3.12. The van der Waals surface area contributed by atoms with E-state index in [1.807, 2.05) is 32.0 Å². The van der Waals surface area contributed by atoms with Crippen molar-refractivity contribution in [2.75, 3.05) is 18.1 Å². The molecule has 1 aromatic carbocycles. The summed E-state index contributed by atoms with van der Waals surface area (Å²) in [4.78, 5) is 26.7. The molecule has 0 bridgehead atoms. The summed E-state index contributed by atoms with van der Waals surface area (Å²) in [6, 6.07) is 5.57. The molecule has 3 rings (SSSR count). The molecule has 0 N–H and O–H groups in total. The van der Waals surface area contributed by atoms with Crippen LogP contribution in [0.3, 0.4) is 0 Å². The predicted molar refractivity (Wildman–Crippen MR) is 107 cm³/mol. The molecule has 6 nitrogen and oxygen atoms in total. The summed E-state index contributed by atoms with van der Waals surface area (Å²) in [6.45, 7) is 3.68. The van der Waals surface area contributed by atoms with Crippen LogP contribution in [0.4, 0.5) is 0 Å². The topological polar surface area (TPSA) is 80.8 Å². The Bertz CT molecular complexity index is 842. The van der Waals surface area contributed by atoms with Crippen LogP contribution in [0.25, 0.3) is 0 Å². The number of hydrogen-bond donors (Lipinski definition) is 0. The summed E-state index contributed by atoms with van der Waals surface area (Å²) in [7, 11) is -3.08. The van der Waals surface area contributed by atoms with Crippen LogP contribution < -0.4 is 0 Å². The molecule has 0 radical (unpaired) electrons. The Morgan fingerprint density at radius 3 is 2.39 bits per heavy atom. The summed E-state index contributed by atoms with van der Waals surface area (Å²) >= 11 is 0. The number of rotatable bonds is 6. The van der Waals surface area contributed by atoms with Crippen LogP contribution in [0, 0.1) is 13.8 Å². The summed E-state index contributed by atoms with van der Waals surface area (Å²) < 4.78 is 29.0. The van der Waals surface area contributed by atoms with Gasteiger partial charge in [0.05, 0.1) is 17.9 Å². The van der Waals surface area contributed by atoms with Crippen molar-refractivity contribution in [2.45, 2.75) is 64.5 Å². The highest BCUT2D eigenvalue weighted by Crippen LogP contribution is 2.29. The number of nitrogens with zero attached hydrogens (tertiary/aromatic N) is 1. The highest BCUT2D eigenvalue weighted by atomic mass is 32.2. The van der Waals surface area contributed by atoms with E-state index in [0.717, 1.165) is 42.4 Å². The zero-order chi connectivity index (χ0) is 20.3. The van der Waals surface area contributed by atoms with Crippen LogP contribution >= 0.6 is 0 Å². The molecule has 2 fully saturated rings. The highest BCUT2D eigenvalue weighted by Gasteiger charge is 2.39. The van der Waals surface area contributed by atoms with E-state index in [4.69, 9.17) is 4.74 Å². The minimum absolute atomic E-state index is 0.0197. The number of carbonyl (C=O) groups is 2. The van der Waals surface area contributed by atoms with E-state index in [1.54, 1.807) is 4.90 Å². The van der Waals surface area contributed by atoms with E-state index >= 15 is 0 Å². The lowest BCUT2D eigenvalue weighted by Crippen LogP contribution is -2.48. The molecule has 154 valence electrons. The Morgan fingerprint density at radius 1 is 1.07 bits per heavy atom. The van der Waals surface area contributed by atoms with Gasteiger partial charge < -0.3 is 9.64 Å². The molecule has 0 unspecified atom stereocenters. The van der Waals surface area contributed by atoms with Gasteiger partial charge in [0, 0.05) is 12.1 Å². The van der Waals surface area contributed by atoms with E-state index in [1.165, 1.54) is 0 Å². The van der Waals surface area contributed by atoms with Crippen LogP contribution in [0.5, 0.6) is 0 Å². The number of hydrogen-bond acceptors (Lipinski definition) is 5. The molecule has 1 heterocycles. The molecule has 2 aliphatic rings. The summed E-state index contributed by atoms with van der Waals surface area (Å²) in [5, 5.41) is 0. The van der Waals surface area contributed by atoms with Crippen molar-refractivity contribution >= 4 is 21.7 Å². The molecular weight excluding hydrogens is 378 g/mol. The van der Waals surface area contributed by atoms with Gasteiger partial charge in [-0.1, -0.05) is 31.0 Å². The number of esters is 1. The first kappa shape index (κ1) is 20.8. The van der Waals surface area contributed by atoms with Crippen molar-refractivity contribution in [3.05, 3.63) is 34.9 Å². The van der Waals surface area contributed by atoms with Gasteiger partial charge >= 0.3 is 5.97 Å². The fourth-order valence-electron chi connectivity index (χ4n) is 4.23. The van der Waals surface area contributed by atoms with Crippen molar-refractivity contribution in [1.82, 2.24) is 4.90 Å². The maximum absolute atomic E-state index is 12.8. The van der Waals surface area contributed by atoms with Gasteiger partial charge in [-0.3, -0.25) is 9.59 Å². The molecule has 0 spiro atoms. The molecule has 1 atom stereocenters. The fourth-order valence-corrected chi connectivity index (χ4v) is 5.94. The number of aryl methyl sites for hydroxylation is 2. The fraction of sp³-hybridized carbons (Fsp3) is 0.619. The van der Waals surface area contributed by atoms with Crippen LogP contribution in [0.15, 0.2) is 18.2 Å². The van der Waals surface area contributed by atoms with Crippen molar-refractivity contribution in [1.29, 1.82) is 0 Å². The van der Waals surface area contributed by atoms with E-state index < -0.39 is 15.8 Å². The van der Waals surface area contributed by atoms with Crippen molar-refractivity contribution in [3.63, 3.8) is 0 Å². The van der Waals surface area contributed by atoms with E-state index in [9.17, 15) is 18.0 Å². The van der Waals surface area contributed by atoms with Gasteiger partial charge in [0.25, 0.3) is 5.91 Å². The Morgan fingerprint density at radius 2 is 1.79 bits per heavy atom. The van der Waals surface area contributed by atoms with Crippen LogP contribution in [-0.4, -0.2) is 55.4 Å². The first-order chi connectivity index (χ1) is 13.2. The van der Waals surface area contributed by atoms with Crippen molar-refractivity contribution in [2.24, 2.45) is 0 Å². The zero-order valence-corrected chi connectivity index (χ0v) is 17.5. The number of carbonyl (C=O) groups excluding carboxylic acids is 2. The lowest BCUT2D eigenvalue weighted by atomic mass is 10.0. The van der Waals surface area contributed by atoms with Gasteiger partial charge in [0.15, 0.2) is 16.4 Å². The Kier molecular flexibility index (Phi) is 6.43. The van der Waals surface area contributed by atoms with E-state index in [0.29, 0.717) is 6.42 Å². The Hall–Kier alpha value is -1.89. The second kappa shape index (κ2) is 8.64. The lowest BCUT2D eigenvalue weighted by molar-refractivity contribution is -0.153. The van der Waals surface area contributed by atoms with Crippen molar-refractivity contribution in [3.8, 4) is 0 Å². The van der Waals surface area contributed by atoms with Crippen molar-refractivity contribution < 1.29 is 22.7 Å². The van der Waals surface area contributed by atoms with Gasteiger partial charge in [0.1, 0.15) is 0 Å². The first-order valence-electron chi connectivity index (χ1n) is 9.98. The number of benzene rings is 1. The first-order valence-corrected chi connectivity index (χ1v) is 11.8. The smallest absolute Gasteiger partial charge is 0.310 e. The van der Waals surface area contributed by atoms with E-state index in [-0.39, 0.29) is 42.5 Å². The molecule has 1 saturated heterocycles. The summed E-state index contributed by atoms with van der Waals surface area (Å²) in [6.07, 6.45) is 4.45. The highest BCUT2D eigenvalue weighted by molar-refractivity contribution is 7.91. The molecule has 1 aliphatic carbocycles. The van der Waals surface area contributed by atoms with Gasteiger partial charge in [-0.05, 0) is 49.8 Å². The van der Waals surface area contributed by atoms with Gasteiger partial charge in [-0.15, -0.1) is 0 Å². The number of sulfone groups is 1. The third-order valence-electron chi connectivity index (χ3n) is 5.88. The molecule has 1 amide bonds. The average Bonchev–Trinajstić information content (AvgIpc) is 3.27. The molecule has 1 aliphatic heterocycles. The minimum atomic E-state index is -3.08. The molecule has 28 heavy (non-hydrogen) atoms. The third-order valence-corrected chi connectivity index (χ3v) is 7.63. The molecule has 1 aromatic rings.